The Bertz CT molecular complexity index is 971. The number of rotatable bonds is 6. The van der Waals surface area contributed by atoms with Gasteiger partial charge in [0, 0.05) is 36.3 Å². The van der Waals surface area contributed by atoms with E-state index in [1.807, 2.05) is 31.2 Å². The number of carbonyl (C=O) groups is 2. The molecule has 0 aromatic heterocycles. The van der Waals surface area contributed by atoms with Gasteiger partial charge in [-0.1, -0.05) is 19.1 Å². The van der Waals surface area contributed by atoms with E-state index in [-0.39, 0.29) is 35.9 Å². The molecular weight excluding hydrogens is 376 g/mol. The Labute approximate surface area is 166 Å². The van der Waals surface area contributed by atoms with Crippen LogP contribution in [0.3, 0.4) is 0 Å². The van der Waals surface area contributed by atoms with Gasteiger partial charge in [0.25, 0.3) is 5.69 Å². The number of hydrogen-bond acceptors (Lipinski definition) is 6. The van der Waals surface area contributed by atoms with E-state index in [9.17, 15) is 24.8 Å². The fourth-order valence-corrected chi connectivity index (χ4v) is 3.06. The molecule has 2 aromatic carbocycles. The first-order valence-corrected chi connectivity index (χ1v) is 9.08. The molecule has 1 aliphatic rings. The predicted octanol–water partition coefficient (Wildman–Crippen LogP) is 2.37. The highest BCUT2D eigenvalue weighted by Crippen LogP contribution is 2.26. The number of phenols is 1. The molecule has 1 aliphatic heterocycles. The number of anilines is 1. The molecular formula is C20H20N4O5. The number of nitrogens with zero attached hydrogens (tertiary/aromatic N) is 3. The van der Waals surface area contributed by atoms with E-state index >= 15 is 0 Å². The van der Waals surface area contributed by atoms with Gasteiger partial charge in [0.05, 0.1) is 17.1 Å². The summed E-state index contributed by atoms with van der Waals surface area (Å²) in [5.74, 6) is -1.35. The predicted molar refractivity (Wildman–Crippen MR) is 107 cm³/mol. The van der Waals surface area contributed by atoms with Gasteiger partial charge in [-0.25, -0.2) is 5.43 Å². The van der Waals surface area contributed by atoms with Crippen LogP contribution in [-0.2, 0) is 16.0 Å². The average molecular weight is 396 g/mol. The Morgan fingerprint density at radius 2 is 2.07 bits per heavy atom. The number of nitrogens with one attached hydrogen (secondary N) is 1. The van der Waals surface area contributed by atoms with Crippen molar-refractivity contribution in [3.8, 4) is 5.75 Å². The summed E-state index contributed by atoms with van der Waals surface area (Å²) in [4.78, 5) is 36.4. The van der Waals surface area contributed by atoms with E-state index in [1.54, 1.807) is 4.90 Å². The number of hydrazone groups is 1. The first kappa shape index (κ1) is 20.0. The summed E-state index contributed by atoms with van der Waals surface area (Å²) in [5, 5.41) is 24.3. The molecule has 9 heteroatoms. The molecule has 0 saturated carbocycles. The molecule has 2 N–H and O–H groups in total. The maximum absolute atomic E-state index is 12.3. The van der Waals surface area contributed by atoms with E-state index < -0.39 is 16.7 Å². The maximum atomic E-state index is 12.3. The molecule has 2 amide bonds. The van der Waals surface area contributed by atoms with Crippen molar-refractivity contribution in [2.24, 2.45) is 11.0 Å². The zero-order valence-electron chi connectivity index (χ0n) is 15.7. The molecule has 3 rings (SSSR count). The van der Waals surface area contributed by atoms with Gasteiger partial charge >= 0.3 is 0 Å². The maximum Gasteiger partial charge on any atom is 0.270 e. The lowest BCUT2D eigenvalue weighted by Gasteiger charge is -2.16. The summed E-state index contributed by atoms with van der Waals surface area (Å²) in [6.07, 6.45) is 2.09. The highest BCUT2D eigenvalue weighted by atomic mass is 16.6. The molecule has 1 fully saturated rings. The minimum Gasteiger partial charge on any atom is -0.507 e. The minimum absolute atomic E-state index is 0.0684. The number of aromatic hydroxyl groups is 1. The molecule has 0 bridgehead atoms. The minimum atomic E-state index is -0.596. The third-order valence-corrected chi connectivity index (χ3v) is 4.75. The fraction of sp³-hybridized carbons (Fsp3) is 0.250. The smallest absolute Gasteiger partial charge is 0.270 e. The third kappa shape index (κ3) is 4.57. The molecule has 0 unspecified atom stereocenters. The normalized spacial score (nSPS) is 16.4. The lowest BCUT2D eigenvalue weighted by atomic mass is 10.1. The van der Waals surface area contributed by atoms with Gasteiger partial charge in [0.15, 0.2) is 0 Å². The van der Waals surface area contributed by atoms with Crippen LogP contribution in [0.15, 0.2) is 47.6 Å². The molecule has 2 aromatic rings. The molecule has 29 heavy (non-hydrogen) atoms. The van der Waals surface area contributed by atoms with Crippen molar-refractivity contribution in [1.29, 1.82) is 0 Å². The average Bonchev–Trinajstić information content (AvgIpc) is 3.11. The number of carbonyl (C=O) groups excluding carboxylic acids is 2. The monoisotopic (exact) mass is 396 g/mol. The van der Waals surface area contributed by atoms with E-state index in [1.165, 1.54) is 6.07 Å². The van der Waals surface area contributed by atoms with Crippen LogP contribution in [0, 0.1) is 16.0 Å². The van der Waals surface area contributed by atoms with Crippen LogP contribution in [0.4, 0.5) is 11.4 Å². The highest BCUT2D eigenvalue weighted by molar-refractivity contribution is 6.00. The van der Waals surface area contributed by atoms with Crippen molar-refractivity contribution < 1.29 is 19.6 Å². The van der Waals surface area contributed by atoms with Gasteiger partial charge in [-0.15, -0.1) is 0 Å². The van der Waals surface area contributed by atoms with Crippen molar-refractivity contribution in [3.05, 3.63) is 63.7 Å². The van der Waals surface area contributed by atoms with Crippen LogP contribution < -0.4 is 10.3 Å². The molecule has 1 heterocycles. The third-order valence-electron chi connectivity index (χ3n) is 4.75. The quantitative estimate of drug-likeness (QED) is 0.440. The van der Waals surface area contributed by atoms with Gasteiger partial charge < -0.3 is 10.0 Å². The van der Waals surface area contributed by atoms with E-state index in [2.05, 4.69) is 10.5 Å². The van der Waals surface area contributed by atoms with Crippen molar-refractivity contribution >= 4 is 29.4 Å². The summed E-state index contributed by atoms with van der Waals surface area (Å²) in [7, 11) is 0. The van der Waals surface area contributed by atoms with Gasteiger partial charge in [0.2, 0.25) is 11.8 Å². The summed E-state index contributed by atoms with van der Waals surface area (Å²) < 4.78 is 0. The molecule has 0 aliphatic carbocycles. The number of hydrogen-bond donors (Lipinski definition) is 2. The molecule has 150 valence electrons. The van der Waals surface area contributed by atoms with Crippen molar-refractivity contribution in [2.75, 3.05) is 11.4 Å². The first-order chi connectivity index (χ1) is 13.9. The molecule has 1 saturated heterocycles. The zero-order valence-corrected chi connectivity index (χ0v) is 15.7. The molecule has 0 radical (unpaired) electrons. The number of non-ortho nitro benzene ring substituents is 1. The van der Waals surface area contributed by atoms with Crippen molar-refractivity contribution in [3.63, 3.8) is 0 Å². The Kier molecular flexibility index (Phi) is 5.87. The lowest BCUT2D eigenvalue weighted by Crippen LogP contribution is -2.30. The summed E-state index contributed by atoms with van der Waals surface area (Å²) in [6, 6.07) is 11.1. The Morgan fingerprint density at radius 1 is 1.34 bits per heavy atom. The van der Waals surface area contributed by atoms with Crippen LogP contribution in [0.1, 0.15) is 24.5 Å². The van der Waals surface area contributed by atoms with E-state index in [0.29, 0.717) is 0 Å². The highest BCUT2D eigenvalue weighted by Gasteiger charge is 2.35. The van der Waals surface area contributed by atoms with Crippen molar-refractivity contribution in [1.82, 2.24) is 5.43 Å². The molecule has 0 spiro atoms. The van der Waals surface area contributed by atoms with Gasteiger partial charge in [-0.3, -0.25) is 19.7 Å². The SMILES string of the molecule is CCc1ccc(N2C[C@@H](C(=O)NN=Cc3cc([N+](=O)[O-])ccc3O)CC2=O)cc1. The number of nitro groups is 1. The Balaban J connectivity index is 1.63. The summed E-state index contributed by atoms with van der Waals surface area (Å²) >= 11 is 0. The van der Waals surface area contributed by atoms with Gasteiger partial charge in [-0.2, -0.15) is 5.10 Å². The summed E-state index contributed by atoms with van der Waals surface area (Å²) in [5.41, 5.74) is 4.12. The number of phenolic OH excluding ortho intramolecular Hbond substituents is 1. The van der Waals surface area contributed by atoms with Crippen LogP contribution >= 0.6 is 0 Å². The second-order valence-corrected chi connectivity index (χ2v) is 6.66. The number of aryl methyl sites for hydroxylation is 1. The van der Waals surface area contributed by atoms with Gasteiger partial charge in [-0.05, 0) is 30.2 Å². The number of nitro benzene ring substituents is 1. The van der Waals surface area contributed by atoms with Crippen LogP contribution in [0.2, 0.25) is 0 Å². The summed E-state index contributed by atoms with van der Waals surface area (Å²) in [6.45, 7) is 2.29. The Morgan fingerprint density at radius 3 is 2.72 bits per heavy atom. The first-order valence-electron chi connectivity index (χ1n) is 9.08. The van der Waals surface area contributed by atoms with E-state index in [0.717, 1.165) is 36.0 Å². The standard InChI is InChI=1S/C20H20N4O5/c1-2-13-3-5-16(6-4-13)23-12-15(10-19(23)26)20(27)22-21-11-14-9-17(24(28)29)7-8-18(14)25/h3-9,11,15,25H,2,10,12H2,1H3,(H,22,27)/t15-/m0/s1. The zero-order chi connectivity index (χ0) is 21.0. The second kappa shape index (κ2) is 8.51. The van der Waals surface area contributed by atoms with Crippen LogP contribution in [-0.4, -0.2) is 34.6 Å². The second-order valence-electron chi connectivity index (χ2n) is 6.66. The van der Waals surface area contributed by atoms with Crippen LogP contribution in [0.5, 0.6) is 5.75 Å². The largest absolute Gasteiger partial charge is 0.507 e. The number of amides is 2. The van der Waals surface area contributed by atoms with E-state index in [4.69, 9.17) is 0 Å². The van der Waals surface area contributed by atoms with Gasteiger partial charge in [0.1, 0.15) is 5.75 Å². The Hall–Kier alpha value is -3.75. The topological polar surface area (TPSA) is 125 Å². The lowest BCUT2D eigenvalue weighted by molar-refractivity contribution is -0.384. The van der Waals surface area contributed by atoms with Crippen LogP contribution in [0.25, 0.3) is 0 Å². The number of benzene rings is 2. The van der Waals surface area contributed by atoms with Crippen molar-refractivity contribution in [2.45, 2.75) is 19.8 Å². The molecule has 9 nitrogen and oxygen atoms in total. The molecule has 1 atom stereocenters. The fourth-order valence-electron chi connectivity index (χ4n) is 3.06.